The van der Waals surface area contributed by atoms with Crippen LogP contribution in [0.1, 0.15) is 49.7 Å². The van der Waals surface area contributed by atoms with Crippen LogP contribution >= 0.6 is 23.2 Å². The highest BCUT2D eigenvalue weighted by molar-refractivity contribution is 7.87. The average molecular weight is 1170 g/mol. The molecule has 22 heteroatoms. The summed E-state index contributed by atoms with van der Waals surface area (Å²) in [4.78, 5) is 31.1. The maximum Gasteiger partial charge on any atom is 0.316 e. The quantitative estimate of drug-likeness (QED) is 0.0630. The Morgan fingerprint density at radius 3 is 1.91 bits per heavy atom. The van der Waals surface area contributed by atoms with Crippen molar-refractivity contribution in [1.82, 2.24) is 36.8 Å². The Hall–Kier alpha value is -6.62. The zero-order valence-corrected chi connectivity index (χ0v) is 47.9. The molecule has 4 aromatic carbocycles. The lowest BCUT2D eigenvalue weighted by atomic mass is 10.2. The van der Waals surface area contributed by atoms with Crippen LogP contribution in [-0.2, 0) is 33.5 Å². The third-order valence-electron chi connectivity index (χ3n) is 13.7. The van der Waals surface area contributed by atoms with Crippen LogP contribution in [0.4, 0.5) is 11.4 Å². The van der Waals surface area contributed by atoms with Gasteiger partial charge in [-0.25, -0.2) is 0 Å². The lowest BCUT2D eigenvalue weighted by Crippen LogP contribution is -2.53. The van der Waals surface area contributed by atoms with Crippen LogP contribution in [0.25, 0.3) is 11.4 Å². The first-order chi connectivity index (χ1) is 38.8. The molecule has 0 N–H and O–H groups in total. The van der Waals surface area contributed by atoms with Crippen LogP contribution in [0.15, 0.2) is 169 Å². The maximum atomic E-state index is 13.7. The minimum atomic E-state index is -3.74. The van der Waals surface area contributed by atoms with E-state index in [1.165, 1.54) is 26.6 Å². The summed E-state index contributed by atoms with van der Waals surface area (Å²) in [5, 5.41) is 9.81. The molecule has 424 valence electrons. The molecule has 2 bridgehead atoms. The predicted molar refractivity (Wildman–Crippen MR) is 317 cm³/mol. The predicted octanol–water partition coefficient (Wildman–Crippen LogP) is 8.55. The Labute approximate surface area is 479 Å². The highest BCUT2D eigenvalue weighted by Gasteiger charge is 2.35. The fraction of sp³-hybridized carbons (Fsp3) is 0.345. The van der Waals surface area contributed by atoms with Crippen molar-refractivity contribution in [3.63, 3.8) is 0 Å². The number of aromatic nitrogens is 4. The summed E-state index contributed by atoms with van der Waals surface area (Å²) in [6.07, 6.45) is 15.5. The molecule has 0 amide bonds. The second-order valence-electron chi connectivity index (χ2n) is 19.2. The molecule has 0 atom stereocenters. The molecule has 2 saturated heterocycles. The minimum Gasteiger partial charge on any atom is -0.486 e. The molecule has 0 aliphatic carbocycles. The smallest absolute Gasteiger partial charge is 0.316 e. The molecule has 10 rings (SSSR count). The van der Waals surface area contributed by atoms with E-state index < -0.39 is 26.0 Å². The molecule has 2 fully saturated rings. The molecule has 6 aromatic rings. The zero-order valence-electron chi connectivity index (χ0n) is 44.7. The maximum absolute atomic E-state index is 13.7. The Bertz CT molecular complexity index is 3410. The summed E-state index contributed by atoms with van der Waals surface area (Å²) in [5.74, 6) is 0.405. The van der Waals surface area contributed by atoms with Gasteiger partial charge in [0.25, 0.3) is 20.4 Å². The molecule has 0 unspecified atom stereocenters. The normalized spacial score (nSPS) is 16.9. The molecule has 4 aliphatic heterocycles. The Kier molecular flexibility index (Phi) is 21.3. The first kappa shape index (κ1) is 59.5. The number of anilines is 2. The van der Waals surface area contributed by atoms with Gasteiger partial charge in [0.05, 0.1) is 37.0 Å². The number of halogens is 2. The van der Waals surface area contributed by atoms with Crippen molar-refractivity contribution in [1.29, 1.82) is 0 Å². The second kappa shape index (κ2) is 28.7. The van der Waals surface area contributed by atoms with Gasteiger partial charge >= 0.3 is 11.1 Å². The van der Waals surface area contributed by atoms with Crippen molar-refractivity contribution >= 4 is 55.0 Å². The monoisotopic (exact) mass is 1170 g/mol. The molecular weight excluding hydrogens is 1100 g/mol. The fourth-order valence-corrected chi connectivity index (χ4v) is 12.9. The molecule has 80 heavy (non-hydrogen) atoms. The van der Waals surface area contributed by atoms with Gasteiger partial charge in [-0.2, -0.15) is 53.6 Å². The number of benzene rings is 4. The number of hydrogen-bond acceptors (Lipinski definition) is 12. The first-order valence-electron chi connectivity index (χ1n) is 26.8. The van der Waals surface area contributed by atoms with Crippen molar-refractivity contribution in [3.8, 4) is 22.9 Å². The van der Waals surface area contributed by atoms with Crippen molar-refractivity contribution < 1.29 is 26.3 Å². The third kappa shape index (κ3) is 15.2. The Balaban J connectivity index is 0.000000210. The number of nitrogens with zero attached hydrogens (tertiary/aromatic N) is 10. The van der Waals surface area contributed by atoms with Crippen molar-refractivity contribution in [2.75, 3.05) is 88.5 Å². The van der Waals surface area contributed by atoms with Gasteiger partial charge in [-0.1, -0.05) is 120 Å². The van der Waals surface area contributed by atoms with E-state index in [9.17, 15) is 26.4 Å². The Morgan fingerprint density at radius 2 is 1.29 bits per heavy atom. The summed E-state index contributed by atoms with van der Waals surface area (Å²) in [7, 11) is -7.45. The van der Waals surface area contributed by atoms with Gasteiger partial charge in [0, 0.05) is 88.6 Å². The standard InChI is InChI=1S/C30H36ClN5O4S.C28H32ClN5O4S/c1-3-5-6-10-21-40-29-28(23-32-36(30(29)37)27-15-11-14-26(31)22-27)33-17-19-34(20-18-33)41(38,39)35(16-4-2)24-25-12-8-7-9-13-25;29-24-12-9-13-25(20-24)34-28(35)27-26(21-30-34)31-15-17-32(18-16-31)39(36,37)33(22-23-10-5-4-6-11-23)14-7-2-1-3-8-19-38-27/h3-4,7-9,11-15,22-23H,1-2,5-6,10,16-21,24H2;2,4-7,9-13,20-21H,1,3,8,14-19,22H2/b;7-2+. The minimum absolute atomic E-state index is 0.187. The lowest BCUT2D eigenvalue weighted by molar-refractivity contribution is 0.297. The number of ether oxygens (including phenoxy) is 2. The summed E-state index contributed by atoms with van der Waals surface area (Å²) in [6, 6.07) is 33.0. The van der Waals surface area contributed by atoms with Crippen LogP contribution < -0.4 is 30.4 Å². The molecule has 6 heterocycles. The van der Waals surface area contributed by atoms with Crippen molar-refractivity contribution in [2.24, 2.45) is 0 Å². The fourth-order valence-electron chi connectivity index (χ4n) is 9.42. The topological polar surface area (TPSA) is 176 Å². The number of piperazine rings is 2. The van der Waals surface area contributed by atoms with E-state index >= 15 is 0 Å². The van der Waals surface area contributed by atoms with E-state index in [0.717, 1.165) is 49.7 Å². The summed E-state index contributed by atoms with van der Waals surface area (Å²) < 4.78 is 75.2. The number of allylic oxidation sites excluding steroid dienone is 2. The highest BCUT2D eigenvalue weighted by atomic mass is 35.5. The van der Waals surface area contributed by atoms with Gasteiger partial charge in [0.2, 0.25) is 11.5 Å². The second-order valence-corrected chi connectivity index (χ2v) is 23.9. The van der Waals surface area contributed by atoms with E-state index in [1.807, 2.05) is 88.7 Å². The van der Waals surface area contributed by atoms with E-state index in [0.29, 0.717) is 85.3 Å². The number of rotatable bonds is 17. The van der Waals surface area contributed by atoms with Crippen LogP contribution in [0.3, 0.4) is 0 Å². The number of fused-ring (bicyclic) bond motifs is 10. The van der Waals surface area contributed by atoms with E-state index in [4.69, 9.17) is 32.7 Å². The summed E-state index contributed by atoms with van der Waals surface area (Å²) in [6.45, 7) is 12.0. The summed E-state index contributed by atoms with van der Waals surface area (Å²) >= 11 is 12.3. The molecule has 0 spiro atoms. The largest absolute Gasteiger partial charge is 0.486 e. The van der Waals surface area contributed by atoms with Gasteiger partial charge in [-0.3, -0.25) is 9.59 Å². The van der Waals surface area contributed by atoms with Gasteiger partial charge in [-0.15, -0.1) is 13.2 Å². The van der Waals surface area contributed by atoms with E-state index in [1.54, 1.807) is 67.0 Å². The highest BCUT2D eigenvalue weighted by Crippen LogP contribution is 2.30. The number of unbranched alkanes of at least 4 members (excludes halogenated alkanes) is 2. The van der Waals surface area contributed by atoms with E-state index in [2.05, 4.69) is 23.4 Å². The van der Waals surface area contributed by atoms with Gasteiger partial charge in [-0.05, 0) is 86.1 Å². The van der Waals surface area contributed by atoms with Gasteiger partial charge in [0.1, 0.15) is 11.4 Å². The molecule has 18 nitrogen and oxygen atoms in total. The lowest BCUT2D eigenvalue weighted by Gasteiger charge is -2.37. The SMILES string of the molecule is C=CCCCCOc1c(N2CCN(S(=O)(=O)N(CC=C)Cc3ccccc3)CC2)cnn(-c2cccc(Cl)c2)c1=O.O=c1c2c(cnn1-c1cccc(Cl)c1)N1CCN(CC1)S(=O)(=O)N(Cc1ccccc1)C/C=C/CCCCO2. The average Bonchev–Trinajstić information content (AvgIpc) is 3.55. The van der Waals surface area contributed by atoms with Crippen molar-refractivity contribution in [3.05, 3.63) is 201 Å². The van der Waals surface area contributed by atoms with Crippen LogP contribution in [0.2, 0.25) is 10.0 Å². The molecule has 0 radical (unpaired) electrons. The van der Waals surface area contributed by atoms with E-state index in [-0.39, 0.29) is 56.3 Å². The Morgan fingerprint density at radius 1 is 0.688 bits per heavy atom. The molecule has 2 aromatic heterocycles. The summed E-state index contributed by atoms with van der Waals surface area (Å²) in [5.41, 5.74) is 3.26. The van der Waals surface area contributed by atoms with Crippen LogP contribution in [0, 0.1) is 0 Å². The van der Waals surface area contributed by atoms with Gasteiger partial charge < -0.3 is 19.3 Å². The first-order valence-corrected chi connectivity index (χ1v) is 30.3. The van der Waals surface area contributed by atoms with Crippen LogP contribution in [-0.4, -0.2) is 132 Å². The molecule has 4 aliphatic rings. The third-order valence-corrected chi connectivity index (χ3v) is 18.0. The zero-order chi connectivity index (χ0) is 56.5. The molecular formula is C58H68Cl2N10O8S2. The number of hydrogen-bond donors (Lipinski definition) is 0. The van der Waals surface area contributed by atoms with Crippen LogP contribution in [0.5, 0.6) is 11.5 Å². The molecule has 0 saturated carbocycles. The van der Waals surface area contributed by atoms with Crippen molar-refractivity contribution in [2.45, 2.75) is 51.6 Å². The van der Waals surface area contributed by atoms with Gasteiger partial charge in [0.15, 0.2) is 0 Å².